The van der Waals surface area contributed by atoms with Crippen LogP contribution in [0.3, 0.4) is 0 Å². The molecule has 0 saturated carbocycles. The molecule has 2 heterocycles. The molecule has 0 radical (unpaired) electrons. The van der Waals surface area contributed by atoms with Gasteiger partial charge in [-0.2, -0.15) is 0 Å². The van der Waals surface area contributed by atoms with Crippen molar-refractivity contribution in [1.29, 1.82) is 0 Å². The van der Waals surface area contributed by atoms with Crippen molar-refractivity contribution in [3.8, 4) is 0 Å². The molecule has 160 valence electrons. The summed E-state index contributed by atoms with van der Waals surface area (Å²) in [5, 5.41) is 2.98. The van der Waals surface area contributed by atoms with Gasteiger partial charge in [-0.3, -0.25) is 9.69 Å². The number of rotatable bonds is 7. The Morgan fingerprint density at radius 2 is 1.76 bits per heavy atom. The van der Waals surface area contributed by atoms with E-state index in [9.17, 15) is 9.59 Å². The third kappa shape index (κ3) is 6.28. The molecule has 1 aromatic carbocycles. The van der Waals surface area contributed by atoms with Crippen molar-refractivity contribution in [2.75, 3.05) is 38.0 Å². The van der Waals surface area contributed by atoms with Crippen molar-refractivity contribution < 1.29 is 14.3 Å². The average molecular weight is 402 g/mol. The summed E-state index contributed by atoms with van der Waals surface area (Å²) in [5.41, 5.74) is 1.19. The van der Waals surface area contributed by atoms with Crippen LogP contribution >= 0.6 is 0 Å². The highest BCUT2D eigenvalue weighted by Crippen LogP contribution is 2.22. The van der Waals surface area contributed by atoms with Gasteiger partial charge in [-0.15, -0.1) is 0 Å². The molecule has 6 heteroatoms. The van der Waals surface area contributed by atoms with Crippen LogP contribution in [-0.4, -0.2) is 66.5 Å². The first kappa shape index (κ1) is 21.8. The highest BCUT2D eigenvalue weighted by Gasteiger charge is 2.30. The Morgan fingerprint density at radius 3 is 2.41 bits per heavy atom. The van der Waals surface area contributed by atoms with Crippen molar-refractivity contribution in [1.82, 2.24) is 9.80 Å². The second kappa shape index (κ2) is 10.2. The second-order valence-electron chi connectivity index (χ2n) is 8.71. The number of likely N-dealkylation sites (tertiary alicyclic amines) is 2. The molecule has 2 aliphatic heterocycles. The van der Waals surface area contributed by atoms with E-state index in [0.717, 1.165) is 13.1 Å². The summed E-state index contributed by atoms with van der Waals surface area (Å²) in [6.45, 7) is 11.2. The summed E-state index contributed by atoms with van der Waals surface area (Å²) in [7, 11) is 0. The molecule has 1 aromatic rings. The van der Waals surface area contributed by atoms with Crippen molar-refractivity contribution in [3.05, 3.63) is 29.8 Å². The number of nitrogens with zero attached hydrogens (tertiary/aromatic N) is 2. The van der Waals surface area contributed by atoms with Gasteiger partial charge in [0.1, 0.15) is 0 Å². The van der Waals surface area contributed by atoms with Gasteiger partial charge in [-0.05, 0) is 89.9 Å². The third-order valence-electron chi connectivity index (χ3n) is 5.94. The van der Waals surface area contributed by atoms with E-state index in [-0.39, 0.29) is 24.0 Å². The lowest BCUT2D eigenvalue weighted by Gasteiger charge is -2.29. The van der Waals surface area contributed by atoms with Crippen LogP contribution in [0.25, 0.3) is 0 Å². The zero-order chi connectivity index (χ0) is 20.8. The van der Waals surface area contributed by atoms with E-state index in [1.54, 1.807) is 24.3 Å². The monoisotopic (exact) mass is 401 g/mol. The first-order valence-corrected chi connectivity index (χ1v) is 11.0. The van der Waals surface area contributed by atoms with Crippen molar-refractivity contribution >= 4 is 17.6 Å². The maximum Gasteiger partial charge on any atom is 0.338 e. The number of hydrogen-bond acceptors (Lipinski definition) is 5. The Hall–Kier alpha value is -1.92. The molecule has 0 aliphatic carbocycles. The molecule has 6 nitrogen and oxygen atoms in total. The summed E-state index contributed by atoms with van der Waals surface area (Å²) in [4.78, 5) is 29.5. The predicted octanol–water partition coefficient (Wildman–Crippen LogP) is 3.39. The normalized spacial score (nSPS) is 21.9. The van der Waals surface area contributed by atoms with Gasteiger partial charge in [0.15, 0.2) is 0 Å². The summed E-state index contributed by atoms with van der Waals surface area (Å²) in [6.07, 6.45) is 5.03. The van der Waals surface area contributed by atoms with Crippen molar-refractivity contribution in [2.45, 2.75) is 58.6 Å². The maximum atomic E-state index is 12.7. The third-order valence-corrected chi connectivity index (χ3v) is 5.94. The molecular formula is C23H35N3O3. The summed E-state index contributed by atoms with van der Waals surface area (Å²) >= 11 is 0. The van der Waals surface area contributed by atoms with E-state index in [1.165, 1.54) is 45.3 Å². The molecule has 1 N–H and O–H groups in total. The lowest BCUT2D eigenvalue weighted by Crippen LogP contribution is -2.41. The van der Waals surface area contributed by atoms with Gasteiger partial charge in [0.05, 0.1) is 17.7 Å². The number of nitrogens with one attached hydrogen (secondary N) is 1. The van der Waals surface area contributed by atoms with Crippen LogP contribution < -0.4 is 5.32 Å². The Morgan fingerprint density at radius 1 is 1.07 bits per heavy atom. The number of benzene rings is 1. The average Bonchev–Trinajstić information content (AvgIpc) is 3.16. The molecule has 3 rings (SSSR count). The van der Waals surface area contributed by atoms with Crippen LogP contribution in [0.2, 0.25) is 0 Å². The SMILES string of the molecule is CC(C)OC(=O)c1ccc(NC(=O)[C@H](C)N2CC[C@@H](CN3CCCCC3)C2)cc1. The fraction of sp³-hybridized carbons (Fsp3) is 0.652. The second-order valence-corrected chi connectivity index (χ2v) is 8.71. The first-order valence-electron chi connectivity index (χ1n) is 11.0. The quantitative estimate of drug-likeness (QED) is 0.710. The number of esters is 1. The van der Waals surface area contributed by atoms with Gasteiger partial charge in [0.2, 0.25) is 5.91 Å². The summed E-state index contributed by atoms with van der Waals surface area (Å²) in [6, 6.07) is 6.73. The number of carbonyl (C=O) groups is 2. The molecule has 0 spiro atoms. The Labute approximate surface area is 174 Å². The number of carbonyl (C=O) groups excluding carboxylic acids is 2. The predicted molar refractivity (Wildman–Crippen MR) is 115 cm³/mol. The zero-order valence-corrected chi connectivity index (χ0v) is 18.0. The molecule has 2 atom stereocenters. The van der Waals surface area contributed by atoms with Crippen molar-refractivity contribution in [3.63, 3.8) is 0 Å². The van der Waals surface area contributed by atoms with Crippen molar-refractivity contribution in [2.24, 2.45) is 5.92 Å². The van der Waals surface area contributed by atoms with E-state index in [0.29, 0.717) is 17.2 Å². The van der Waals surface area contributed by atoms with Crippen LogP contribution in [0, 0.1) is 5.92 Å². The molecule has 0 unspecified atom stereocenters. The minimum absolute atomic E-state index is 0.00105. The van der Waals surface area contributed by atoms with Gasteiger partial charge < -0.3 is 15.0 Å². The molecule has 1 amide bonds. The van der Waals surface area contributed by atoms with Crippen LogP contribution in [0.1, 0.15) is 56.8 Å². The minimum Gasteiger partial charge on any atom is -0.459 e. The zero-order valence-electron chi connectivity index (χ0n) is 18.0. The fourth-order valence-corrected chi connectivity index (χ4v) is 4.25. The lowest BCUT2D eigenvalue weighted by molar-refractivity contribution is -0.120. The highest BCUT2D eigenvalue weighted by atomic mass is 16.5. The minimum atomic E-state index is -0.344. The smallest absolute Gasteiger partial charge is 0.338 e. The first-order chi connectivity index (χ1) is 13.9. The Kier molecular flexibility index (Phi) is 7.67. The van der Waals surface area contributed by atoms with Crippen LogP contribution in [0.5, 0.6) is 0 Å². The fourth-order valence-electron chi connectivity index (χ4n) is 4.25. The lowest BCUT2D eigenvalue weighted by atomic mass is 10.1. The molecule has 2 aliphatic rings. The molecule has 0 bridgehead atoms. The largest absolute Gasteiger partial charge is 0.459 e. The van der Waals surface area contributed by atoms with Gasteiger partial charge in [-0.1, -0.05) is 6.42 Å². The van der Waals surface area contributed by atoms with E-state index >= 15 is 0 Å². The van der Waals surface area contributed by atoms with Crippen LogP contribution in [-0.2, 0) is 9.53 Å². The van der Waals surface area contributed by atoms with E-state index in [2.05, 4.69) is 15.1 Å². The molecular weight excluding hydrogens is 366 g/mol. The standard InChI is InChI=1S/C23H35N3O3/c1-17(2)29-23(28)20-7-9-21(10-8-20)24-22(27)18(3)26-14-11-19(16-26)15-25-12-5-4-6-13-25/h7-10,17-19H,4-6,11-16H2,1-3H3,(H,24,27)/t18-,19-/m0/s1. The molecule has 2 fully saturated rings. The van der Waals surface area contributed by atoms with Gasteiger partial charge in [0.25, 0.3) is 0 Å². The topological polar surface area (TPSA) is 61.9 Å². The Bertz CT molecular complexity index is 683. The number of hydrogen-bond donors (Lipinski definition) is 1. The highest BCUT2D eigenvalue weighted by molar-refractivity contribution is 5.95. The van der Waals surface area contributed by atoms with Gasteiger partial charge in [0, 0.05) is 18.8 Å². The van der Waals surface area contributed by atoms with Gasteiger partial charge >= 0.3 is 5.97 Å². The summed E-state index contributed by atoms with van der Waals surface area (Å²) in [5.74, 6) is 0.318. The molecule has 0 aromatic heterocycles. The number of anilines is 1. The molecule has 29 heavy (non-hydrogen) atoms. The maximum absolute atomic E-state index is 12.7. The van der Waals surface area contributed by atoms with E-state index in [1.807, 2.05) is 20.8 Å². The Balaban J connectivity index is 1.47. The number of piperidine rings is 1. The van der Waals surface area contributed by atoms with Gasteiger partial charge in [-0.25, -0.2) is 4.79 Å². The number of amides is 1. The van der Waals surface area contributed by atoms with Crippen LogP contribution in [0.15, 0.2) is 24.3 Å². The summed E-state index contributed by atoms with van der Waals surface area (Å²) < 4.78 is 5.19. The van der Waals surface area contributed by atoms with Crippen LogP contribution in [0.4, 0.5) is 5.69 Å². The van der Waals surface area contributed by atoms with E-state index < -0.39 is 0 Å². The molecule has 2 saturated heterocycles. The van der Waals surface area contributed by atoms with E-state index in [4.69, 9.17) is 4.74 Å². The number of ether oxygens (including phenoxy) is 1.